The Morgan fingerprint density at radius 2 is 2.00 bits per heavy atom. The van der Waals surface area contributed by atoms with Crippen molar-refractivity contribution < 1.29 is 9.90 Å². The molecule has 2 atom stereocenters. The zero-order chi connectivity index (χ0) is 13.5. The molecule has 2 unspecified atom stereocenters. The second-order valence-corrected chi connectivity index (χ2v) is 5.29. The molecule has 0 aromatic heterocycles. The van der Waals surface area contributed by atoms with E-state index in [1.54, 1.807) is 0 Å². The Labute approximate surface area is 112 Å². The molecule has 18 heavy (non-hydrogen) atoms. The van der Waals surface area contributed by atoms with Crippen LogP contribution in [-0.2, 0) is 0 Å². The lowest BCUT2D eigenvalue weighted by Crippen LogP contribution is -2.43. The minimum Gasteiger partial charge on any atom is -0.395 e. The van der Waals surface area contributed by atoms with Crippen LogP contribution in [0, 0.1) is 6.92 Å². The van der Waals surface area contributed by atoms with Crippen molar-refractivity contribution in [3.05, 3.63) is 29.8 Å². The van der Waals surface area contributed by atoms with Crippen LogP contribution in [0.5, 0.6) is 0 Å². The Balaban J connectivity index is 2.48. The van der Waals surface area contributed by atoms with Crippen LogP contribution in [0.4, 0.5) is 10.5 Å². The van der Waals surface area contributed by atoms with Gasteiger partial charge in [0, 0.05) is 17.0 Å². The number of aryl methyl sites for hydroxylation is 1. The summed E-state index contributed by atoms with van der Waals surface area (Å²) in [7, 11) is 0. The van der Waals surface area contributed by atoms with Gasteiger partial charge in [0.05, 0.1) is 6.61 Å². The normalized spacial score (nSPS) is 13.8. The largest absolute Gasteiger partial charge is 0.395 e. The molecule has 0 fully saturated rings. The van der Waals surface area contributed by atoms with E-state index in [2.05, 4.69) is 10.6 Å². The molecule has 4 nitrogen and oxygen atoms in total. The van der Waals surface area contributed by atoms with Crippen molar-refractivity contribution in [2.24, 2.45) is 0 Å². The first-order chi connectivity index (χ1) is 8.56. The fraction of sp³-hybridized carbons (Fsp3) is 0.462. The minimum atomic E-state index is -0.251. The monoisotopic (exact) mass is 268 g/mol. The molecule has 0 bridgehead atoms. The highest BCUT2D eigenvalue weighted by Gasteiger charge is 2.17. The maximum absolute atomic E-state index is 11.7. The molecule has 0 aliphatic heterocycles. The van der Waals surface area contributed by atoms with Gasteiger partial charge >= 0.3 is 6.03 Å². The average Bonchev–Trinajstić information content (AvgIpc) is 2.33. The highest BCUT2D eigenvalue weighted by Crippen LogP contribution is 2.11. The summed E-state index contributed by atoms with van der Waals surface area (Å²) in [4.78, 5) is 11.7. The van der Waals surface area contributed by atoms with E-state index in [4.69, 9.17) is 5.11 Å². The van der Waals surface area contributed by atoms with Crippen molar-refractivity contribution in [3.8, 4) is 0 Å². The fourth-order valence-electron chi connectivity index (χ4n) is 1.54. The molecular weight excluding hydrogens is 248 g/mol. The Hall–Kier alpha value is -1.20. The number of aliphatic hydroxyl groups excluding tert-OH is 1. The molecule has 0 spiro atoms. The smallest absolute Gasteiger partial charge is 0.319 e. The molecule has 2 amide bonds. The molecule has 0 saturated heterocycles. The third-order valence-electron chi connectivity index (χ3n) is 2.71. The van der Waals surface area contributed by atoms with Crippen LogP contribution in [0.15, 0.2) is 24.3 Å². The molecule has 0 aliphatic rings. The fourth-order valence-corrected chi connectivity index (χ4v) is 2.17. The first-order valence-electron chi connectivity index (χ1n) is 5.84. The van der Waals surface area contributed by atoms with Crippen molar-refractivity contribution in [3.63, 3.8) is 0 Å². The van der Waals surface area contributed by atoms with E-state index in [1.807, 2.05) is 44.4 Å². The molecule has 1 rings (SSSR count). The van der Waals surface area contributed by atoms with Crippen molar-refractivity contribution in [1.29, 1.82) is 0 Å². The van der Waals surface area contributed by atoms with Crippen molar-refractivity contribution in [2.75, 3.05) is 18.2 Å². The lowest BCUT2D eigenvalue weighted by molar-refractivity contribution is 0.243. The zero-order valence-electron chi connectivity index (χ0n) is 10.9. The molecule has 0 radical (unpaired) electrons. The average molecular weight is 268 g/mol. The zero-order valence-corrected chi connectivity index (χ0v) is 11.8. The van der Waals surface area contributed by atoms with E-state index >= 15 is 0 Å². The van der Waals surface area contributed by atoms with Crippen LogP contribution in [0.25, 0.3) is 0 Å². The van der Waals surface area contributed by atoms with Crippen molar-refractivity contribution in [1.82, 2.24) is 5.32 Å². The summed E-state index contributed by atoms with van der Waals surface area (Å²) in [5.74, 6) is 0. The highest BCUT2D eigenvalue weighted by atomic mass is 32.2. The Morgan fingerprint density at radius 3 is 2.50 bits per heavy atom. The number of hydrogen-bond donors (Lipinski definition) is 3. The van der Waals surface area contributed by atoms with Gasteiger partial charge in [-0.2, -0.15) is 11.8 Å². The Bertz CT molecular complexity index is 377. The topological polar surface area (TPSA) is 61.4 Å². The van der Waals surface area contributed by atoms with Crippen molar-refractivity contribution in [2.45, 2.75) is 25.1 Å². The predicted octanol–water partition coefficient (Wildman–Crippen LogP) is 2.23. The van der Waals surface area contributed by atoms with E-state index < -0.39 is 0 Å². The van der Waals surface area contributed by atoms with Gasteiger partial charge in [-0.3, -0.25) is 0 Å². The summed E-state index contributed by atoms with van der Waals surface area (Å²) < 4.78 is 0. The van der Waals surface area contributed by atoms with E-state index in [0.29, 0.717) is 0 Å². The van der Waals surface area contributed by atoms with Crippen LogP contribution >= 0.6 is 11.8 Å². The van der Waals surface area contributed by atoms with Crippen molar-refractivity contribution >= 4 is 23.5 Å². The summed E-state index contributed by atoms with van der Waals surface area (Å²) in [5.41, 5.74) is 1.91. The number of carbonyl (C=O) groups is 1. The first kappa shape index (κ1) is 14.9. The van der Waals surface area contributed by atoms with E-state index in [0.717, 1.165) is 11.3 Å². The van der Waals surface area contributed by atoms with Crippen LogP contribution in [0.3, 0.4) is 0 Å². The molecule has 3 N–H and O–H groups in total. The third kappa shape index (κ3) is 4.58. The van der Waals surface area contributed by atoms with Gasteiger partial charge in [-0.05, 0) is 32.2 Å². The molecular formula is C13H20N2O2S. The number of nitrogens with one attached hydrogen (secondary N) is 2. The standard InChI is InChI=1S/C13H20N2O2S/c1-9-4-6-11(7-5-9)15-13(17)14-10(2)12(8-16)18-3/h4-7,10,12,16H,8H2,1-3H3,(H2,14,15,17). The number of benzene rings is 1. The molecule has 1 aromatic rings. The van der Waals surface area contributed by atoms with Gasteiger partial charge in [-0.15, -0.1) is 0 Å². The van der Waals surface area contributed by atoms with Crippen LogP contribution in [0.1, 0.15) is 12.5 Å². The number of aliphatic hydroxyl groups is 1. The first-order valence-corrected chi connectivity index (χ1v) is 7.13. The number of rotatable bonds is 5. The van der Waals surface area contributed by atoms with E-state index in [1.165, 1.54) is 11.8 Å². The second kappa shape index (κ2) is 7.28. The summed E-state index contributed by atoms with van der Waals surface area (Å²) in [5, 5.41) is 14.7. The lowest BCUT2D eigenvalue weighted by atomic mass is 10.2. The maximum atomic E-state index is 11.7. The van der Waals surface area contributed by atoms with Crippen LogP contribution in [0.2, 0.25) is 0 Å². The van der Waals surface area contributed by atoms with Gasteiger partial charge in [0.25, 0.3) is 0 Å². The number of anilines is 1. The summed E-state index contributed by atoms with van der Waals surface area (Å²) in [6.07, 6.45) is 1.91. The highest BCUT2D eigenvalue weighted by molar-refractivity contribution is 7.99. The molecule has 100 valence electrons. The summed E-state index contributed by atoms with van der Waals surface area (Å²) in [6.45, 7) is 3.93. The van der Waals surface area contributed by atoms with Gasteiger partial charge in [0.2, 0.25) is 0 Å². The summed E-state index contributed by atoms with van der Waals surface area (Å²) >= 11 is 1.54. The molecule has 0 heterocycles. The van der Waals surface area contributed by atoms with Gasteiger partial charge in [-0.1, -0.05) is 17.7 Å². The lowest BCUT2D eigenvalue weighted by Gasteiger charge is -2.21. The SMILES string of the molecule is CSC(CO)C(C)NC(=O)Nc1ccc(C)cc1. The van der Waals surface area contributed by atoms with Gasteiger partial charge < -0.3 is 15.7 Å². The second-order valence-electron chi connectivity index (χ2n) is 4.21. The molecule has 0 aliphatic carbocycles. The molecule has 5 heteroatoms. The number of carbonyl (C=O) groups excluding carboxylic acids is 1. The minimum absolute atomic E-state index is 0.00812. The maximum Gasteiger partial charge on any atom is 0.319 e. The third-order valence-corrected chi connectivity index (χ3v) is 3.87. The number of amides is 2. The van der Waals surface area contributed by atoms with Gasteiger partial charge in [-0.25, -0.2) is 4.79 Å². The van der Waals surface area contributed by atoms with Gasteiger partial charge in [0.1, 0.15) is 0 Å². The van der Waals surface area contributed by atoms with E-state index in [9.17, 15) is 4.79 Å². The molecule has 1 aromatic carbocycles. The molecule has 0 saturated carbocycles. The van der Waals surface area contributed by atoms with E-state index in [-0.39, 0.29) is 23.9 Å². The predicted molar refractivity (Wildman–Crippen MR) is 77.2 cm³/mol. The van der Waals surface area contributed by atoms with Crippen LogP contribution < -0.4 is 10.6 Å². The van der Waals surface area contributed by atoms with Crippen LogP contribution in [-0.4, -0.2) is 35.3 Å². The summed E-state index contributed by atoms with van der Waals surface area (Å²) in [6, 6.07) is 7.26. The quantitative estimate of drug-likeness (QED) is 0.767. The Kier molecular flexibility index (Phi) is 6.01. The number of thioether (sulfide) groups is 1. The number of hydrogen-bond acceptors (Lipinski definition) is 3. The Morgan fingerprint density at radius 1 is 1.39 bits per heavy atom. The van der Waals surface area contributed by atoms with Gasteiger partial charge in [0.15, 0.2) is 0 Å². The number of urea groups is 1.